The molecule has 0 saturated heterocycles. The van der Waals surface area contributed by atoms with Crippen molar-refractivity contribution in [2.24, 2.45) is 0 Å². The van der Waals surface area contributed by atoms with Crippen LogP contribution in [0.3, 0.4) is 0 Å². The first kappa shape index (κ1) is 16.7. The Kier molecular flexibility index (Phi) is 4.23. The van der Waals surface area contributed by atoms with E-state index in [1.165, 1.54) is 4.31 Å². The molecule has 0 aliphatic carbocycles. The molecule has 2 aromatic heterocycles. The van der Waals surface area contributed by atoms with E-state index in [4.69, 9.17) is 8.94 Å². The van der Waals surface area contributed by atoms with E-state index in [0.29, 0.717) is 17.9 Å². The van der Waals surface area contributed by atoms with E-state index < -0.39 is 10.0 Å². The lowest BCUT2D eigenvalue weighted by atomic mass is 10.1. The molecule has 0 aliphatic heterocycles. The van der Waals surface area contributed by atoms with Crippen molar-refractivity contribution in [3.8, 4) is 0 Å². The van der Waals surface area contributed by atoms with Crippen LogP contribution in [0.2, 0.25) is 0 Å². The standard InChI is InChI=1S/C17H20N2O4S/c1-5-15-14(13-8-6-7-9-16(13)22-15)10-19(4)24(20,21)17-11(2)18-23-12(17)3/h6-9H,5,10H2,1-4H3. The molecule has 6 nitrogen and oxygen atoms in total. The molecule has 0 spiro atoms. The van der Waals surface area contributed by atoms with Crippen LogP contribution >= 0.6 is 0 Å². The van der Waals surface area contributed by atoms with Gasteiger partial charge in [0.05, 0.1) is 0 Å². The summed E-state index contributed by atoms with van der Waals surface area (Å²) >= 11 is 0. The van der Waals surface area contributed by atoms with Crippen LogP contribution in [0.4, 0.5) is 0 Å². The van der Waals surface area contributed by atoms with E-state index in [0.717, 1.165) is 22.3 Å². The van der Waals surface area contributed by atoms with E-state index in [-0.39, 0.29) is 11.4 Å². The van der Waals surface area contributed by atoms with Crippen molar-refractivity contribution in [1.82, 2.24) is 9.46 Å². The minimum absolute atomic E-state index is 0.135. The summed E-state index contributed by atoms with van der Waals surface area (Å²) in [6.07, 6.45) is 0.698. The van der Waals surface area contributed by atoms with Gasteiger partial charge < -0.3 is 8.94 Å². The van der Waals surface area contributed by atoms with Gasteiger partial charge in [0, 0.05) is 31.0 Å². The van der Waals surface area contributed by atoms with Crippen LogP contribution in [-0.2, 0) is 23.0 Å². The first-order chi connectivity index (χ1) is 11.4. The van der Waals surface area contributed by atoms with Crippen molar-refractivity contribution in [3.05, 3.63) is 47.0 Å². The Morgan fingerprint density at radius 2 is 1.92 bits per heavy atom. The molecule has 0 saturated carbocycles. The highest BCUT2D eigenvalue weighted by molar-refractivity contribution is 7.89. The molecule has 2 heterocycles. The van der Waals surface area contributed by atoms with Crippen LogP contribution < -0.4 is 0 Å². The molecule has 128 valence electrons. The van der Waals surface area contributed by atoms with E-state index in [1.807, 2.05) is 31.2 Å². The number of furan rings is 1. The second kappa shape index (κ2) is 6.07. The lowest BCUT2D eigenvalue weighted by molar-refractivity contribution is 0.389. The second-order valence-corrected chi connectivity index (χ2v) is 7.75. The fraction of sp³-hybridized carbons (Fsp3) is 0.353. The number of sulfonamides is 1. The maximum atomic E-state index is 12.9. The fourth-order valence-electron chi connectivity index (χ4n) is 2.91. The van der Waals surface area contributed by atoms with Gasteiger partial charge in [-0.05, 0) is 19.9 Å². The van der Waals surface area contributed by atoms with Gasteiger partial charge in [0.1, 0.15) is 21.9 Å². The second-order valence-electron chi connectivity index (χ2n) is 5.77. The number of hydrogen-bond donors (Lipinski definition) is 0. The number of aryl methyl sites for hydroxylation is 3. The molecule has 1 aromatic carbocycles. The molecule has 0 atom stereocenters. The molecule has 0 bridgehead atoms. The van der Waals surface area contributed by atoms with Crippen LogP contribution in [0.5, 0.6) is 0 Å². The van der Waals surface area contributed by atoms with Gasteiger partial charge in [-0.2, -0.15) is 4.31 Å². The van der Waals surface area contributed by atoms with Crippen molar-refractivity contribution in [2.75, 3.05) is 7.05 Å². The van der Waals surface area contributed by atoms with E-state index >= 15 is 0 Å². The first-order valence-electron chi connectivity index (χ1n) is 7.74. The molecular weight excluding hydrogens is 328 g/mol. The quantitative estimate of drug-likeness (QED) is 0.706. The summed E-state index contributed by atoms with van der Waals surface area (Å²) in [5.74, 6) is 1.10. The number of rotatable bonds is 5. The van der Waals surface area contributed by atoms with Crippen LogP contribution in [0.1, 0.15) is 29.7 Å². The number of para-hydroxylation sites is 1. The molecule has 3 aromatic rings. The van der Waals surface area contributed by atoms with Gasteiger partial charge in [0.2, 0.25) is 10.0 Å². The maximum Gasteiger partial charge on any atom is 0.248 e. The zero-order valence-electron chi connectivity index (χ0n) is 14.2. The van der Waals surface area contributed by atoms with Gasteiger partial charge in [-0.3, -0.25) is 0 Å². The Hall–Kier alpha value is -2.12. The summed E-state index contributed by atoms with van der Waals surface area (Å²) in [6.45, 7) is 5.45. The normalized spacial score (nSPS) is 12.4. The number of benzene rings is 1. The first-order valence-corrected chi connectivity index (χ1v) is 9.18. The molecule has 24 heavy (non-hydrogen) atoms. The summed E-state index contributed by atoms with van der Waals surface area (Å²) in [6, 6.07) is 7.66. The lowest BCUT2D eigenvalue weighted by Gasteiger charge is -2.17. The van der Waals surface area contributed by atoms with Gasteiger partial charge >= 0.3 is 0 Å². The topological polar surface area (TPSA) is 76.6 Å². The third-order valence-corrected chi connectivity index (χ3v) is 6.17. The Morgan fingerprint density at radius 1 is 1.21 bits per heavy atom. The predicted octanol–water partition coefficient (Wildman–Crippen LogP) is 3.42. The average Bonchev–Trinajstić information content (AvgIpc) is 3.07. The predicted molar refractivity (Wildman–Crippen MR) is 90.2 cm³/mol. The maximum absolute atomic E-state index is 12.9. The van der Waals surface area contributed by atoms with Crippen LogP contribution in [0.15, 0.2) is 38.1 Å². The van der Waals surface area contributed by atoms with Crippen molar-refractivity contribution >= 4 is 21.0 Å². The highest BCUT2D eigenvalue weighted by Gasteiger charge is 2.29. The summed E-state index contributed by atoms with van der Waals surface area (Å²) in [4.78, 5) is 0.135. The minimum Gasteiger partial charge on any atom is -0.461 e. The number of hydrogen-bond acceptors (Lipinski definition) is 5. The van der Waals surface area contributed by atoms with Crippen molar-refractivity contribution in [2.45, 2.75) is 38.6 Å². The summed E-state index contributed by atoms with van der Waals surface area (Å²) in [5, 5.41) is 4.69. The van der Waals surface area contributed by atoms with Gasteiger partial charge in [0.25, 0.3) is 0 Å². The molecule has 3 rings (SSSR count). The SMILES string of the molecule is CCc1oc2ccccc2c1CN(C)S(=O)(=O)c1c(C)noc1C. The van der Waals surface area contributed by atoms with Gasteiger partial charge in [-0.15, -0.1) is 0 Å². The fourth-order valence-corrected chi connectivity index (χ4v) is 4.34. The van der Waals surface area contributed by atoms with Crippen molar-refractivity contribution in [1.29, 1.82) is 0 Å². The van der Waals surface area contributed by atoms with Gasteiger partial charge in [0.15, 0.2) is 5.76 Å². The summed E-state index contributed by atoms with van der Waals surface area (Å²) < 4.78 is 38.0. The Bertz CT molecular complexity index is 966. The Labute approximate surface area is 141 Å². The largest absolute Gasteiger partial charge is 0.461 e. The minimum atomic E-state index is -3.69. The Morgan fingerprint density at radius 3 is 2.54 bits per heavy atom. The molecule has 0 fully saturated rings. The molecule has 0 unspecified atom stereocenters. The zero-order valence-corrected chi connectivity index (χ0v) is 15.0. The Balaban J connectivity index is 2.03. The van der Waals surface area contributed by atoms with E-state index in [9.17, 15) is 8.42 Å². The third-order valence-electron chi connectivity index (χ3n) is 4.12. The molecule has 7 heteroatoms. The summed E-state index contributed by atoms with van der Waals surface area (Å²) in [5.41, 5.74) is 2.03. The van der Waals surface area contributed by atoms with E-state index in [1.54, 1.807) is 20.9 Å². The number of nitrogens with zero attached hydrogens (tertiary/aromatic N) is 2. The molecule has 0 N–H and O–H groups in total. The van der Waals surface area contributed by atoms with Crippen LogP contribution in [-0.4, -0.2) is 24.9 Å². The summed E-state index contributed by atoms with van der Waals surface area (Å²) in [7, 11) is -2.13. The highest BCUT2D eigenvalue weighted by atomic mass is 32.2. The lowest BCUT2D eigenvalue weighted by Crippen LogP contribution is -2.27. The smallest absolute Gasteiger partial charge is 0.248 e. The zero-order chi connectivity index (χ0) is 17.5. The molecule has 0 aliphatic rings. The van der Waals surface area contributed by atoms with Gasteiger partial charge in [-0.25, -0.2) is 8.42 Å². The number of fused-ring (bicyclic) bond motifs is 1. The van der Waals surface area contributed by atoms with Crippen molar-refractivity contribution in [3.63, 3.8) is 0 Å². The van der Waals surface area contributed by atoms with Gasteiger partial charge in [-0.1, -0.05) is 30.3 Å². The third kappa shape index (κ3) is 2.63. The monoisotopic (exact) mass is 348 g/mol. The average molecular weight is 348 g/mol. The molecule has 0 radical (unpaired) electrons. The van der Waals surface area contributed by atoms with Crippen molar-refractivity contribution < 1.29 is 17.4 Å². The van der Waals surface area contributed by atoms with Crippen LogP contribution in [0, 0.1) is 13.8 Å². The number of aromatic nitrogens is 1. The van der Waals surface area contributed by atoms with E-state index in [2.05, 4.69) is 5.16 Å². The highest BCUT2D eigenvalue weighted by Crippen LogP contribution is 2.30. The molecule has 0 amide bonds. The molecular formula is C17H20N2O4S. The van der Waals surface area contributed by atoms with Crippen LogP contribution in [0.25, 0.3) is 11.0 Å².